The smallest absolute Gasteiger partial charge is 0.234 e. The predicted octanol–water partition coefficient (Wildman–Crippen LogP) is 6.09. The van der Waals surface area contributed by atoms with Crippen LogP contribution in [0.3, 0.4) is 0 Å². The van der Waals surface area contributed by atoms with Crippen molar-refractivity contribution >= 4 is 44.9 Å². The van der Waals surface area contributed by atoms with E-state index in [4.69, 9.17) is 4.74 Å². The number of carbonyl (C=O) groups excluding carboxylic acids is 1. The molecule has 0 spiro atoms. The Hall–Kier alpha value is -2.83. The standard InChI is InChI=1S/C23H20N2O2S2/c1-2-27-17-12-13-20-21(14-17)29-23(25-20)28-15-22(26)24-19-11-7-6-10-18(19)16-8-4-3-5-9-16/h3-14H,2,15H2,1H3,(H,24,26). The zero-order chi connectivity index (χ0) is 20.1. The highest BCUT2D eigenvalue weighted by Gasteiger charge is 2.11. The van der Waals surface area contributed by atoms with E-state index in [9.17, 15) is 4.79 Å². The maximum atomic E-state index is 12.5. The van der Waals surface area contributed by atoms with E-state index >= 15 is 0 Å². The molecule has 3 aromatic carbocycles. The molecule has 0 aliphatic rings. The van der Waals surface area contributed by atoms with Crippen LogP contribution in [0.15, 0.2) is 77.1 Å². The molecule has 0 fully saturated rings. The van der Waals surface area contributed by atoms with Gasteiger partial charge in [0, 0.05) is 11.3 Å². The van der Waals surface area contributed by atoms with Crippen molar-refractivity contribution in [3.63, 3.8) is 0 Å². The van der Waals surface area contributed by atoms with Crippen LogP contribution >= 0.6 is 23.1 Å². The van der Waals surface area contributed by atoms with Gasteiger partial charge in [0.15, 0.2) is 4.34 Å². The van der Waals surface area contributed by atoms with Crippen molar-refractivity contribution in [2.75, 3.05) is 17.7 Å². The third kappa shape index (κ3) is 4.78. The van der Waals surface area contributed by atoms with Gasteiger partial charge in [-0.25, -0.2) is 4.98 Å². The molecule has 0 saturated heterocycles. The molecule has 6 heteroatoms. The first-order valence-electron chi connectivity index (χ1n) is 9.33. The number of anilines is 1. The van der Waals surface area contributed by atoms with Gasteiger partial charge in [0.05, 0.1) is 22.6 Å². The summed E-state index contributed by atoms with van der Waals surface area (Å²) in [7, 11) is 0. The van der Waals surface area contributed by atoms with Crippen LogP contribution in [-0.4, -0.2) is 23.3 Å². The third-order valence-corrected chi connectivity index (χ3v) is 6.43. The van der Waals surface area contributed by atoms with Gasteiger partial charge in [0.25, 0.3) is 0 Å². The molecule has 4 aromatic rings. The average Bonchev–Trinajstić information content (AvgIpc) is 3.16. The maximum Gasteiger partial charge on any atom is 0.234 e. The quantitative estimate of drug-likeness (QED) is 0.367. The SMILES string of the molecule is CCOc1ccc2nc(SCC(=O)Nc3ccccc3-c3ccccc3)sc2c1. The maximum absolute atomic E-state index is 12.5. The van der Waals surface area contributed by atoms with Crippen LogP contribution in [0.5, 0.6) is 5.75 Å². The minimum absolute atomic E-state index is 0.0485. The number of nitrogens with zero attached hydrogens (tertiary/aromatic N) is 1. The lowest BCUT2D eigenvalue weighted by atomic mass is 10.0. The molecule has 0 radical (unpaired) electrons. The number of para-hydroxylation sites is 1. The summed E-state index contributed by atoms with van der Waals surface area (Å²) in [5.41, 5.74) is 3.83. The van der Waals surface area contributed by atoms with Gasteiger partial charge in [-0.05, 0) is 36.8 Å². The summed E-state index contributed by atoms with van der Waals surface area (Å²) in [5.74, 6) is 1.10. The fourth-order valence-corrected chi connectivity index (χ4v) is 4.87. The van der Waals surface area contributed by atoms with Crippen LogP contribution in [0.25, 0.3) is 21.3 Å². The molecule has 4 rings (SSSR count). The lowest BCUT2D eigenvalue weighted by Crippen LogP contribution is -2.14. The highest BCUT2D eigenvalue weighted by atomic mass is 32.2. The number of rotatable bonds is 7. The summed E-state index contributed by atoms with van der Waals surface area (Å²) in [6, 6.07) is 23.8. The van der Waals surface area contributed by atoms with Crippen LogP contribution in [0.1, 0.15) is 6.92 Å². The zero-order valence-corrected chi connectivity index (χ0v) is 17.6. The van der Waals surface area contributed by atoms with Crippen molar-refractivity contribution in [1.82, 2.24) is 4.98 Å². The number of fused-ring (bicyclic) bond motifs is 1. The Kier molecular flexibility index (Phi) is 6.12. The number of ether oxygens (including phenoxy) is 1. The van der Waals surface area contributed by atoms with Crippen molar-refractivity contribution in [2.45, 2.75) is 11.3 Å². The number of aromatic nitrogens is 1. The topological polar surface area (TPSA) is 51.2 Å². The van der Waals surface area contributed by atoms with Crippen LogP contribution in [-0.2, 0) is 4.79 Å². The van der Waals surface area contributed by atoms with Gasteiger partial charge in [0.1, 0.15) is 5.75 Å². The number of thiazole rings is 1. The summed E-state index contributed by atoms with van der Waals surface area (Å²) < 4.78 is 7.48. The molecule has 1 heterocycles. The zero-order valence-electron chi connectivity index (χ0n) is 15.9. The minimum Gasteiger partial charge on any atom is -0.494 e. The van der Waals surface area contributed by atoms with E-state index in [0.29, 0.717) is 12.4 Å². The van der Waals surface area contributed by atoms with E-state index in [2.05, 4.69) is 10.3 Å². The van der Waals surface area contributed by atoms with Crippen LogP contribution in [0, 0.1) is 0 Å². The van der Waals surface area contributed by atoms with E-state index in [0.717, 1.165) is 37.1 Å². The largest absolute Gasteiger partial charge is 0.494 e. The Morgan fingerprint density at radius 2 is 1.86 bits per heavy atom. The van der Waals surface area contributed by atoms with Gasteiger partial charge in [0.2, 0.25) is 5.91 Å². The molecule has 146 valence electrons. The van der Waals surface area contributed by atoms with Crippen molar-refractivity contribution in [2.24, 2.45) is 0 Å². The van der Waals surface area contributed by atoms with Crippen molar-refractivity contribution < 1.29 is 9.53 Å². The molecule has 0 aliphatic carbocycles. The second-order valence-corrected chi connectivity index (χ2v) is 8.54. The fourth-order valence-electron chi connectivity index (χ4n) is 2.98. The van der Waals surface area contributed by atoms with Crippen molar-refractivity contribution in [1.29, 1.82) is 0 Å². The van der Waals surface area contributed by atoms with E-state index in [1.54, 1.807) is 11.3 Å². The second kappa shape index (κ2) is 9.11. The number of hydrogen-bond acceptors (Lipinski definition) is 5. The third-order valence-electron chi connectivity index (χ3n) is 4.26. The first kappa shape index (κ1) is 19.5. The number of amides is 1. The second-order valence-electron chi connectivity index (χ2n) is 6.29. The first-order chi connectivity index (χ1) is 14.2. The predicted molar refractivity (Wildman–Crippen MR) is 122 cm³/mol. The Bertz CT molecular complexity index is 1130. The Morgan fingerprint density at radius 1 is 1.07 bits per heavy atom. The summed E-state index contributed by atoms with van der Waals surface area (Å²) >= 11 is 3.03. The van der Waals surface area contributed by atoms with Crippen LogP contribution in [0.4, 0.5) is 5.69 Å². The number of thioether (sulfide) groups is 1. The van der Waals surface area contributed by atoms with E-state index in [1.807, 2.05) is 79.7 Å². The fraction of sp³-hybridized carbons (Fsp3) is 0.130. The summed E-state index contributed by atoms with van der Waals surface area (Å²) in [5, 5.41) is 3.04. The molecule has 29 heavy (non-hydrogen) atoms. The average molecular weight is 421 g/mol. The van der Waals surface area contributed by atoms with Gasteiger partial charge in [-0.15, -0.1) is 11.3 Å². The van der Waals surface area contributed by atoms with Crippen LogP contribution < -0.4 is 10.1 Å². The molecule has 0 atom stereocenters. The normalized spacial score (nSPS) is 10.8. The Labute approximate surface area is 177 Å². The van der Waals surface area contributed by atoms with E-state index in [1.165, 1.54) is 11.8 Å². The highest BCUT2D eigenvalue weighted by Crippen LogP contribution is 2.32. The van der Waals surface area contributed by atoms with Gasteiger partial charge in [-0.1, -0.05) is 60.3 Å². The first-order valence-corrected chi connectivity index (χ1v) is 11.1. The molecule has 0 bridgehead atoms. The van der Waals surface area contributed by atoms with Gasteiger partial charge in [-0.3, -0.25) is 4.79 Å². The van der Waals surface area contributed by atoms with Gasteiger partial charge < -0.3 is 10.1 Å². The lowest BCUT2D eigenvalue weighted by molar-refractivity contribution is -0.113. The van der Waals surface area contributed by atoms with Gasteiger partial charge >= 0.3 is 0 Å². The van der Waals surface area contributed by atoms with Crippen molar-refractivity contribution in [3.05, 3.63) is 72.8 Å². The molecule has 4 nitrogen and oxygen atoms in total. The summed E-state index contributed by atoms with van der Waals surface area (Å²) in [6.45, 7) is 2.60. The molecular weight excluding hydrogens is 400 g/mol. The summed E-state index contributed by atoms with van der Waals surface area (Å²) in [4.78, 5) is 17.2. The molecule has 1 aromatic heterocycles. The van der Waals surface area contributed by atoms with Gasteiger partial charge in [-0.2, -0.15) is 0 Å². The Morgan fingerprint density at radius 3 is 2.69 bits per heavy atom. The summed E-state index contributed by atoms with van der Waals surface area (Å²) in [6.07, 6.45) is 0. The molecular formula is C23H20N2O2S2. The van der Waals surface area contributed by atoms with Crippen LogP contribution in [0.2, 0.25) is 0 Å². The number of benzene rings is 3. The van der Waals surface area contributed by atoms with Crippen molar-refractivity contribution in [3.8, 4) is 16.9 Å². The number of hydrogen-bond donors (Lipinski definition) is 1. The number of carbonyl (C=O) groups is 1. The monoisotopic (exact) mass is 420 g/mol. The highest BCUT2D eigenvalue weighted by molar-refractivity contribution is 8.01. The van der Waals surface area contributed by atoms with E-state index in [-0.39, 0.29) is 5.91 Å². The molecule has 0 saturated carbocycles. The van der Waals surface area contributed by atoms with E-state index < -0.39 is 0 Å². The Balaban J connectivity index is 1.43. The number of nitrogens with one attached hydrogen (secondary N) is 1. The molecule has 1 amide bonds. The lowest BCUT2D eigenvalue weighted by Gasteiger charge is -2.11. The minimum atomic E-state index is -0.0485. The molecule has 0 aliphatic heterocycles. The molecule has 0 unspecified atom stereocenters. The molecule has 1 N–H and O–H groups in total.